The van der Waals surface area contributed by atoms with E-state index in [1.165, 1.54) is 11.8 Å². The molecule has 1 aliphatic heterocycles. The first-order valence-electron chi connectivity index (χ1n) is 7.35. The molecule has 0 aliphatic carbocycles. The average molecular weight is 375 g/mol. The van der Waals surface area contributed by atoms with Crippen LogP contribution in [0.15, 0.2) is 53.4 Å². The molecule has 0 aromatic heterocycles. The van der Waals surface area contributed by atoms with E-state index >= 15 is 0 Å². The van der Waals surface area contributed by atoms with Crippen molar-refractivity contribution in [3.8, 4) is 0 Å². The van der Waals surface area contributed by atoms with E-state index in [0.29, 0.717) is 20.9 Å². The van der Waals surface area contributed by atoms with Crippen molar-refractivity contribution in [2.75, 3.05) is 12.0 Å². The molecular formula is C18H15ClN2OS2. The van der Waals surface area contributed by atoms with Crippen LogP contribution in [0.2, 0.25) is 5.02 Å². The number of carbonyl (C=O) groups excluding carboxylic acids is 1. The molecule has 1 saturated heterocycles. The van der Waals surface area contributed by atoms with Gasteiger partial charge in [0.25, 0.3) is 5.91 Å². The number of thiocarbonyl (C=S) groups is 1. The molecule has 1 amide bonds. The van der Waals surface area contributed by atoms with Crippen molar-refractivity contribution in [1.82, 2.24) is 4.90 Å². The number of hydrogen-bond donors (Lipinski definition) is 1. The maximum Gasteiger partial charge on any atom is 0.267 e. The monoisotopic (exact) mass is 374 g/mol. The fourth-order valence-electron chi connectivity index (χ4n) is 2.32. The smallest absolute Gasteiger partial charge is 0.267 e. The van der Waals surface area contributed by atoms with Crippen LogP contribution < -0.4 is 5.32 Å². The first kappa shape index (κ1) is 17.0. The van der Waals surface area contributed by atoms with Crippen LogP contribution in [0.4, 0.5) is 5.69 Å². The van der Waals surface area contributed by atoms with Crippen molar-refractivity contribution in [3.63, 3.8) is 0 Å². The summed E-state index contributed by atoms with van der Waals surface area (Å²) in [7, 11) is 0. The first-order valence-corrected chi connectivity index (χ1v) is 8.95. The second-order valence-corrected chi connectivity index (χ2v) is 7.43. The summed E-state index contributed by atoms with van der Waals surface area (Å²) in [6.45, 7) is 2.37. The summed E-state index contributed by atoms with van der Waals surface area (Å²) >= 11 is 12.6. The maximum atomic E-state index is 12.6. The lowest BCUT2D eigenvalue weighted by Crippen LogP contribution is -2.33. The van der Waals surface area contributed by atoms with Crippen molar-refractivity contribution in [2.24, 2.45) is 0 Å². The van der Waals surface area contributed by atoms with E-state index in [1.807, 2.05) is 55.5 Å². The van der Waals surface area contributed by atoms with Gasteiger partial charge in [0.15, 0.2) is 0 Å². The van der Waals surface area contributed by atoms with Crippen molar-refractivity contribution in [1.29, 1.82) is 0 Å². The molecule has 1 N–H and O–H groups in total. The molecule has 24 heavy (non-hydrogen) atoms. The molecule has 1 heterocycles. The molecule has 6 heteroatoms. The Morgan fingerprint density at radius 3 is 2.79 bits per heavy atom. The molecule has 122 valence electrons. The maximum absolute atomic E-state index is 12.6. The molecule has 0 radical (unpaired) electrons. The van der Waals surface area contributed by atoms with Gasteiger partial charge in [0.2, 0.25) is 0 Å². The van der Waals surface area contributed by atoms with Gasteiger partial charge in [-0.25, -0.2) is 0 Å². The number of anilines is 1. The second kappa shape index (κ2) is 7.38. The molecule has 0 saturated carbocycles. The van der Waals surface area contributed by atoms with Crippen LogP contribution in [-0.4, -0.2) is 21.8 Å². The summed E-state index contributed by atoms with van der Waals surface area (Å²) in [6.07, 6.45) is 1.82. The zero-order valence-electron chi connectivity index (χ0n) is 13.0. The van der Waals surface area contributed by atoms with Crippen LogP contribution in [0.1, 0.15) is 11.1 Å². The molecule has 3 rings (SSSR count). The summed E-state index contributed by atoms with van der Waals surface area (Å²) < 4.78 is 0.550. The highest BCUT2D eigenvalue weighted by molar-refractivity contribution is 8.26. The Morgan fingerprint density at radius 2 is 2.04 bits per heavy atom. The SMILES string of the molecule is Cc1ccccc1NCN1C(=O)C(=Cc2cccc(Cl)c2)SC1=S. The third-order valence-corrected chi connectivity index (χ3v) is 5.21. The van der Waals surface area contributed by atoms with E-state index in [1.54, 1.807) is 11.0 Å². The lowest BCUT2D eigenvalue weighted by molar-refractivity contribution is -0.121. The minimum atomic E-state index is -0.0916. The number of hydrogen-bond acceptors (Lipinski definition) is 4. The molecule has 3 nitrogen and oxygen atoms in total. The van der Waals surface area contributed by atoms with Gasteiger partial charge in [0.1, 0.15) is 4.32 Å². The molecular weight excluding hydrogens is 360 g/mol. The molecule has 1 fully saturated rings. The lowest BCUT2D eigenvalue weighted by Gasteiger charge is -2.17. The van der Waals surface area contributed by atoms with E-state index in [4.69, 9.17) is 23.8 Å². The Hall–Kier alpha value is -1.82. The van der Waals surface area contributed by atoms with Gasteiger partial charge in [0, 0.05) is 10.7 Å². The fourth-order valence-corrected chi connectivity index (χ4v) is 3.77. The van der Waals surface area contributed by atoms with Gasteiger partial charge in [-0.3, -0.25) is 9.69 Å². The quantitative estimate of drug-likeness (QED) is 0.608. The largest absolute Gasteiger partial charge is 0.367 e. The number of halogens is 1. The van der Waals surface area contributed by atoms with Crippen LogP contribution in [0, 0.1) is 6.92 Å². The van der Waals surface area contributed by atoms with Crippen LogP contribution in [-0.2, 0) is 4.79 Å². The van der Waals surface area contributed by atoms with Crippen LogP contribution in [0.25, 0.3) is 6.08 Å². The number of benzene rings is 2. The van der Waals surface area contributed by atoms with Crippen molar-refractivity contribution in [3.05, 3.63) is 69.6 Å². The summed E-state index contributed by atoms with van der Waals surface area (Å²) in [4.78, 5) is 14.8. The van der Waals surface area contributed by atoms with Crippen LogP contribution in [0.3, 0.4) is 0 Å². The molecule has 2 aromatic rings. The van der Waals surface area contributed by atoms with Gasteiger partial charge in [0.05, 0.1) is 11.6 Å². The number of nitrogens with zero attached hydrogens (tertiary/aromatic N) is 1. The van der Waals surface area contributed by atoms with E-state index in [0.717, 1.165) is 16.8 Å². The highest BCUT2D eigenvalue weighted by Crippen LogP contribution is 2.32. The molecule has 2 aromatic carbocycles. The third-order valence-electron chi connectivity index (χ3n) is 3.59. The van der Waals surface area contributed by atoms with Gasteiger partial charge in [-0.1, -0.05) is 65.9 Å². The second-order valence-electron chi connectivity index (χ2n) is 5.31. The number of para-hydroxylation sites is 1. The molecule has 1 aliphatic rings. The number of rotatable bonds is 4. The zero-order chi connectivity index (χ0) is 17.1. The number of aryl methyl sites for hydroxylation is 1. The fraction of sp³-hybridized carbons (Fsp3) is 0.111. The minimum Gasteiger partial charge on any atom is -0.367 e. The Labute approximate surface area is 155 Å². The Balaban J connectivity index is 1.73. The summed E-state index contributed by atoms with van der Waals surface area (Å²) in [5.41, 5.74) is 3.00. The van der Waals surface area contributed by atoms with Crippen molar-refractivity contribution >= 4 is 57.6 Å². The highest BCUT2D eigenvalue weighted by atomic mass is 35.5. The van der Waals surface area contributed by atoms with E-state index in [2.05, 4.69) is 5.32 Å². The van der Waals surface area contributed by atoms with Gasteiger partial charge in [-0.05, 0) is 42.3 Å². The highest BCUT2D eigenvalue weighted by Gasteiger charge is 2.31. The van der Waals surface area contributed by atoms with E-state index in [9.17, 15) is 4.79 Å². The Bertz CT molecular complexity index is 835. The van der Waals surface area contributed by atoms with Crippen LogP contribution >= 0.6 is 35.6 Å². The molecule has 0 atom stereocenters. The van der Waals surface area contributed by atoms with Gasteiger partial charge >= 0.3 is 0 Å². The predicted molar refractivity (Wildman–Crippen MR) is 106 cm³/mol. The van der Waals surface area contributed by atoms with Crippen molar-refractivity contribution in [2.45, 2.75) is 6.92 Å². The zero-order valence-corrected chi connectivity index (χ0v) is 15.3. The molecule has 0 bridgehead atoms. The molecule has 0 spiro atoms. The first-order chi connectivity index (χ1) is 11.5. The molecule has 0 unspecified atom stereocenters. The number of carbonyl (C=O) groups is 1. The van der Waals surface area contributed by atoms with Gasteiger partial charge < -0.3 is 5.32 Å². The average Bonchev–Trinajstić information content (AvgIpc) is 2.81. The van der Waals surface area contributed by atoms with Gasteiger partial charge in [-0.2, -0.15) is 0 Å². The third kappa shape index (κ3) is 3.80. The normalized spacial score (nSPS) is 16.1. The summed E-state index contributed by atoms with van der Waals surface area (Å²) in [5.74, 6) is -0.0916. The lowest BCUT2D eigenvalue weighted by atomic mass is 10.2. The number of thioether (sulfide) groups is 1. The van der Waals surface area contributed by atoms with E-state index in [-0.39, 0.29) is 5.91 Å². The minimum absolute atomic E-state index is 0.0916. The van der Waals surface area contributed by atoms with Crippen LogP contribution in [0.5, 0.6) is 0 Å². The summed E-state index contributed by atoms with van der Waals surface area (Å²) in [6, 6.07) is 15.3. The summed E-state index contributed by atoms with van der Waals surface area (Å²) in [5, 5.41) is 3.90. The Kier molecular flexibility index (Phi) is 5.23. The Morgan fingerprint density at radius 1 is 1.25 bits per heavy atom. The predicted octanol–water partition coefficient (Wildman–Crippen LogP) is 4.92. The standard InChI is InChI=1S/C18H15ClN2OS2/c1-12-5-2-3-8-15(12)20-11-21-17(22)16(24-18(21)23)10-13-6-4-7-14(19)9-13/h2-10,20H,11H2,1H3. The van der Waals surface area contributed by atoms with Crippen molar-refractivity contribution < 1.29 is 4.79 Å². The van der Waals surface area contributed by atoms with E-state index < -0.39 is 0 Å². The topological polar surface area (TPSA) is 32.3 Å². The number of amides is 1. The number of nitrogens with one attached hydrogen (secondary N) is 1. The van der Waals surface area contributed by atoms with Gasteiger partial charge in [-0.15, -0.1) is 0 Å².